The highest BCUT2D eigenvalue weighted by Gasteiger charge is 2.26. The third-order valence-electron chi connectivity index (χ3n) is 5.10. The second-order valence-corrected chi connectivity index (χ2v) is 6.98. The average Bonchev–Trinajstić information content (AvgIpc) is 3.21. The van der Waals surface area contributed by atoms with E-state index in [-0.39, 0.29) is 6.10 Å². The van der Waals surface area contributed by atoms with Crippen LogP contribution >= 0.6 is 0 Å². The van der Waals surface area contributed by atoms with Crippen molar-refractivity contribution in [2.75, 3.05) is 13.1 Å². The van der Waals surface area contributed by atoms with Crippen molar-refractivity contribution in [2.45, 2.75) is 44.6 Å². The van der Waals surface area contributed by atoms with E-state index in [4.69, 9.17) is 0 Å². The second-order valence-electron chi connectivity index (χ2n) is 6.98. The zero-order valence-corrected chi connectivity index (χ0v) is 13.9. The molecule has 1 atom stereocenters. The minimum Gasteiger partial charge on any atom is -0.392 e. The van der Waals surface area contributed by atoms with Crippen molar-refractivity contribution in [1.82, 2.24) is 30.1 Å². The number of nitrogens with one attached hydrogen (secondary N) is 2. The molecule has 0 unspecified atom stereocenters. The number of aromatic amines is 1. The van der Waals surface area contributed by atoms with Gasteiger partial charge in [0.15, 0.2) is 0 Å². The fourth-order valence-corrected chi connectivity index (χ4v) is 3.83. The van der Waals surface area contributed by atoms with Gasteiger partial charge in [-0.1, -0.05) is 5.21 Å². The molecule has 0 amide bonds. The van der Waals surface area contributed by atoms with Gasteiger partial charge in [0.2, 0.25) is 0 Å². The van der Waals surface area contributed by atoms with E-state index in [0.29, 0.717) is 18.4 Å². The van der Waals surface area contributed by atoms with Crippen LogP contribution in [0, 0.1) is 5.92 Å². The summed E-state index contributed by atoms with van der Waals surface area (Å²) in [5.41, 5.74) is 3.09. The van der Waals surface area contributed by atoms with Crippen LogP contribution in [0.15, 0.2) is 18.6 Å². The summed E-state index contributed by atoms with van der Waals surface area (Å²) in [6.45, 7) is 3.48. The molecule has 1 fully saturated rings. The minimum atomic E-state index is -0.276. The van der Waals surface area contributed by atoms with Gasteiger partial charge in [-0.15, -0.1) is 5.10 Å². The minimum absolute atomic E-state index is 0.276. The molecule has 1 aliphatic carbocycles. The molecule has 7 heteroatoms. The molecular weight excluding hydrogens is 304 g/mol. The van der Waals surface area contributed by atoms with Crippen LogP contribution in [0.1, 0.15) is 44.2 Å². The Morgan fingerprint density at radius 3 is 3.00 bits per heavy atom. The first kappa shape index (κ1) is 15.5. The van der Waals surface area contributed by atoms with Crippen LogP contribution in [-0.4, -0.2) is 49.1 Å². The normalized spacial score (nSPS) is 23.1. The van der Waals surface area contributed by atoms with Gasteiger partial charge in [0.05, 0.1) is 11.8 Å². The van der Waals surface area contributed by atoms with Crippen molar-refractivity contribution < 1.29 is 5.11 Å². The predicted molar refractivity (Wildman–Crippen MR) is 91.9 cm³/mol. The standard InChI is InChI=1S/C17H24N6O/c1-11(24)8-18-9-12-2-4-13(5-3-12)15-16-14-6-7-19-17(14)20-10-23(16)22-21-15/h6-7,10-13,18-19,24H,2-5,8-9H2,1H3/t11-,12?,13?/m0/s1. The lowest BCUT2D eigenvalue weighted by Gasteiger charge is -2.28. The van der Waals surface area contributed by atoms with Gasteiger partial charge >= 0.3 is 0 Å². The molecule has 3 aromatic rings. The van der Waals surface area contributed by atoms with Crippen LogP contribution in [0.25, 0.3) is 16.6 Å². The molecule has 0 saturated heterocycles. The Balaban J connectivity index is 1.48. The van der Waals surface area contributed by atoms with E-state index >= 15 is 0 Å². The Morgan fingerprint density at radius 2 is 2.21 bits per heavy atom. The van der Waals surface area contributed by atoms with Crippen molar-refractivity contribution in [3.8, 4) is 0 Å². The summed E-state index contributed by atoms with van der Waals surface area (Å²) in [7, 11) is 0. The Hall–Kier alpha value is -1.99. The van der Waals surface area contributed by atoms with Gasteiger partial charge < -0.3 is 15.4 Å². The molecule has 0 bridgehead atoms. The molecule has 0 radical (unpaired) electrons. The van der Waals surface area contributed by atoms with Crippen LogP contribution in [0.5, 0.6) is 0 Å². The van der Waals surface area contributed by atoms with Crippen molar-refractivity contribution in [2.24, 2.45) is 5.92 Å². The quantitative estimate of drug-likeness (QED) is 0.665. The van der Waals surface area contributed by atoms with Crippen LogP contribution in [-0.2, 0) is 0 Å². The molecule has 1 saturated carbocycles. The lowest BCUT2D eigenvalue weighted by atomic mass is 9.80. The fraction of sp³-hybridized carbons (Fsp3) is 0.588. The van der Waals surface area contributed by atoms with Gasteiger partial charge in [0, 0.05) is 24.0 Å². The zero-order chi connectivity index (χ0) is 16.5. The lowest BCUT2D eigenvalue weighted by molar-refractivity contribution is 0.186. The second kappa shape index (κ2) is 6.49. The summed E-state index contributed by atoms with van der Waals surface area (Å²) in [4.78, 5) is 7.53. The van der Waals surface area contributed by atoms with Gasteiger partial charge in [-0.3, -0.25) is 0 Å². The van der Waals surface area contributed by atoms with E-state index in [1.807, 2.05) is 13.1 Å². The van der Waals surface area contributed by atoms with Crippen LogP contribution in [0.3, 0.4) is 0 Å². The average molecular weight is 328 g/mol. The Labute approximate surface area is 140 Å². The molecule has 128 valence electrons. The number of H-pyrrole nitrogens is 1. The van der Waals surface area contributed by atoms with E-state index in [0.717, 1.165) is 41.6 Å². The highest BCUT2D eigenvalue weighted by Crippen LogP contribution is 2.37. The molecule has 7 nitrogen and oxygen atoms in total. The van der Waals surface area contributed by atoms with Gasteiger partial charge in [-0.25, -0.2) is 9.50 Å². The number of aromatic nitrogens is 5. The van der Waals surface area contributed by atoms with Crippen molar-refractivity contribution >= 4 is 16.6 Å². The third-order valence-corrected chi connectivity index (χ3v) is 5.10. The molecule has 0 aromatic carbocycles. The van der Waals surface area contributed by atoms with Crippen molar-refractivity contribution in [3.63, 3.8) is 0 Å². The summed E-state index contributed by atoms with van der Waals surface area (Å²) in [6, 6.07) is 2.05. The molecular formula is C17H24N6O. The highest BCUT2D eigenvalue weighted by molar-refractivity contribution is 5.92. The zero-order valence-electron chi connectivity index (χ0n) is 13.9. The maximum Gasteiger partial charge on any atom is 0.141 e. The summed E-state index contributed by atoms with van der Waals surface area (Å²) >= 11 is 0. The van der Waals surface area contributed by atoms with Crippen molar-refractivity contribution in [3.05, 3.63) is 24.3 Å². The number of nitrogens with zero attached hydrogens (tertiary/aromatic N) is 4. The monoisotopic (exact) mass is 328 g/mol. The smallest absolute Gasteiger partial charge is 0.141 e. The first-order valence-corrected chi connectivity index (χ1v) is 8.78. The van der Waals surface area contributed by atoms with Gasteiger partial charge in [0.1, 0.15) is 17.5 Å². The molecule has 4 rings (SSSR count). The van der Waals surface area contributed by atoms with Gasteiger partial charge in [0.25, 0.3) is 0 Å². The van der Waals surface area contributed by atoms with Gasteiger partial charge in [-0.05, 0) is 51.1 Å². The topological polar surface area (TPSA) is 91.1 Å². The van der Waals surface area contributed by atoms with Crippen LogP contribution in [0.2, 0.25) is 0 Å². The molecule has 3 heterocycles. The summed E-state index contributed by atoms with van der Waals surface area (Å²) < 4.78 is 1.79. The maximum absolute atomic E-state index is 9.33. The Morgan fingerprint density at radius 1 is 1.38 bits per heavy atom. The van der Waals surface area contributed by atoms with Crippen LogP contribution < -0.4 is 5.32 Å². The molecule has 3 N–H and O–H groups in total. The summed E-state index contributed by atoms with van der Waals surface area (Å²) in [5, 5.41) is 22.5. The third kappa shape index (κ3) is 2.89. The lowest BCUT2D eigenvalue weighted by Crippen LogP contribution is -2.31. The summed E-state index contributed by atoms with van der Waals surface area (Å²) in [5.74, 6) is 1.16. The maximum atomic E-state index is 9.33. The SMILES string of the molecule is C[C@H](O)CNCC1CCC(c2nnn3cnc4[nH]ccc4c23)CC1. The molecule has 3 aromatic heterocycles. The number of fused-ring (bicyclic) bond motifs is 3. The van der Waals surface area contributed by atoms with E-state index in [2.05, 4.69) is 31.7 Å². The van der Waals surface area contributed by atoms with E-state index in [9.17, 15) is 5.11 Å². The largest absolute Gasteiger partial charge is 0.392 e. The van der Waals surface area contributed by atoms with Crippen molar-refractivity contribution in [1.29, 1.82) is 0 Å². The number of hydrogen-bond acceptors (Lipinski definition) is 5. The first-order valence-electron chi connectivity index (χ1n) is 8.78. The predicted octanol–water partition coefficient (Wildman–Crippen LogP) is 1.85. The fourth-order valence-electron chi connectivity index (χ4n) is 3.83. The Kier molecular flexibility index (Phi) is 4.20. The number of aliphatic hydroxyl groups is 1. The highest BCUT2D eigenvalue weighted by atomic mass is 16.3. The molecule has 1 aliphatic rings. The van der Waals surface area contributed by atoms with Crippen LogP contribution in [0.4, 0.5) is 0 Å². The number of rotatable bonds is 5. The molecule has 0 spiro atoms. The Bertz CT molecular complexity index is 815. The summed E-state index contributed by atoms with van der Waals surface area (Å²) in [6.07, 6.45) is 8.04. The first-order chi connectivity index (χ1) is 11.7. The van der Waals surface area contributed by atoms with E-state index in [1.165, 1.54) is 12.8 Å². The van der Waals surface area contributed by atoms with E-state index in [1.54, 1.807) is 10.8 Å². The molecule has 24 heavy (non-hydrogen) atoms. The van der Waals surface area contributed by atoms with E-state index < -0.39 is 0 Å². The van der Waals surface area contributed by atoms with Gasteiger partial charge in [-0.2, -0.15) is 0 Å². The molecule has 0 aliphatic heterocycles. The number of hydrogen-bond donors (Lipinski definition) is 3. The number of aliphatic hydroxyl groups excluding tert-OH is 1.